The van der Waals surface area contributed by atoms with E-state index >= 15 is 0 Å². The molecule has 0 bridgehead atoms. The first-order valence-electron chi connectivity index (χ1n) is 3.61. The molecule has 69 valence electrons. The Morgan fingerprint density at radius 1 is 1.58 bits per heavy atom. The summed E-state index contributed by atoms with van der Waals surface area (Å²) in [5.41, 5.74) is -0.779. The molecule has 0 amide bonds. The van der Waals surface area contributed by atoms with E-state index in [0.29, 0.717) is 13.0 Å². The fourth-order valence-electron chi connectivity index (χ4n) is 0.658. The zero-order valence-electron chi connectivity index (χ0n) is 7.83. The maximum atomic E-state index is 10.3. The Balaban J connectivity index is 0. The van der Waals surface area contributed by atoms with E-state index < -0.39 is 11.5 Å². The van der Waals surface area contributed by atoms with Crippen LogP contribution in [0.4, 0.5) is 0 Å². The first-order chi connectivity index (χ1) is 5.04. The first kappa shape index (κ1) is 15.2. The van der Waals surface area contributed by atoms with Crippen LogP contribution in [0, 0.1) is 5.41 Å². The number of hydrogen-bond donors (Lipinski definition) is 1. The predicted molar refractivity (Wildman–Crippen MR) is 42.0 cm³/mol. The molecule has 0 aromatic heterocycles. The van der Waals surface area contributed by atoms with Crippen molar-refractivity contribution in [2.45, 2.75) is 26.4 Å². The summed E-state index contributed by atoms with van der Waals surface area (Å²) in [6, 6.07) is 0. The average Bonchev–Trinajstić information content (AvgIpc) is 2.00. The quantitative estimate of drug-likeness (QED) is 0.721. The third kappa shape index (κ3) is 5.36. The maximum absolute atomic E-state index is 10.3. The Labute approximate surface area is 98.7 Å². The van der Waals surface area contributed by atoms with Gasteiger partial charge >= 0.3 is 0 Å². The van der Waals surface area contributed by atoms with Gasteiger partial charge in [-0.05, 0) is 6.42 Å². The van der Waals surface area contributed by atoms with Crippen LogP contribution in [0.15, 0.2) is 0 Å². The van der Waals surface area contributed by atoms with Crippen LogP contribution in [0.3, 0.4) is 0 Å². The molecule has 0 aromatic rings. The van der Waals surface area contributed by atoms with Crippen LogP contribution >= 0.6 is 0 Å². The number of aliphatic hydroxyl groups is 1. The molecule has 0 aromatic carbocycles. The fourth-order valence-corrected chi connectivity index (χ4v) is 0.658. The second-order valence-corrected chi connectivity index (χ2v) is 3.12. The van der Waals surface area contributed by atoms with Crippen molar-refractivity contribution in [3.8, 4) is 0 Å². The van der Waals surface area contributed by atoms with Crippen LogP contribution in [-0.2, 0) is 42.2 Å². The average molecular weight is 248 g/mol. The van der Waals surface area contributed by atoms with Crippen LogP contribution in [0.2, 0.25) is 0 Å². The molecular weight excluding hydrogens is 233 g/mol. The topological polar surface area (TPSA) is 46.5 Å². The standard InChI is InChI=1S/C8H15O3.Y/c1-8(2,6-9)7(10)4-5-11-3;/h7,10H,4-5H2,1-3H3;/q-1;. The van der Waals surface area contributed by atoms with Gasteiger partial charge in [-0.25, -0.2) is 0 Å². The molecular formula is C8H15O3Y-. The van der Waals surface area contributed by atoms with Crippen LogP contribution in [0.1, 0.15) is 20.3 Å². The Kier molecular flexibility index (Phi) is 9.02. The summed E-state index contributed by atoms with van der Waals surface area (Å²) in [5, 5.41) is 9.37. The van der Waals surface area contributed by atoms with Gasteiger partial charge in [-0.2, -0.15) is 0 Å². The van der Waals surface area contributed by atoms with Gasteiger partial charge in [0.05, 0.1) is 0 Å². The van der Waals surface area contributed by atoms with Gasteiger partial charge in [0.1, 0.15) is 0 Å². The summed E-state index contributed by atoms with van der Waals surface area (Å²) in [7, 11) is 1.56. The number of carbonyl (C=O) groups excluding carboxylic acids is 1. The third-order valence-electron chi connectivity index (χ3n) is 1.69. The largest absolute Gasteiger partial charge is 0.541 e. The van der Waals surface area contributed by atoms with E-state index in [-0.39, 0.29) is 32.7 Å². The van der Waals surface area contributed by atoms with Crippen LogP contribution in [-0.4, -0.2) is 31.2 Å². The van der Waals surface area contributed by atoms with E-state index in [1.165, 1.54) is 0 Å². The van der Waals surface area contributed by atoms with E-state index in [4.69, 9.17) is 4.74 Å². The Morgan fingerprint density at radius 2 is 2.08 bits per heavy atom. The molecule has 0 heterocycles. The van der Waals surface area contributed by atoms with Gasteiger partial charge in [-0.15, -0.1) is 5.41 Å². The predicted octanol–water partition coefficient (Wildman–Crippen LogP) is 0.517. The molecule has 0 rings (SSSR count). The molecule has 0 saturated heterocycles. The Morgan fingerprint density at radius 3 is 2.42 bits per heavy atom. The molecule has 1 unspecified atom stereocenters. The van der Waals surface area contributed by atoms with Gasteiger partial charge in [0.15, 0.2) is 0 Å². The number of ether oxygens (including phenoxy) is 1. The van der Waals surface area contributed by atoms with E-state index in [1.54, 1.807) is 27.2 Å². The van der Waals surface area contributed by atoms with E-state index in [1.807, 2.05) is 0 Å². The molecule has 12 heavy (non-hydrogen) atoms. The molecule has 0 aliphatic heterocycles. The van der Waals surface area contributed by atoms with Crippen molar-refractivity contribution in [2.24, 2.45) is 5.41 Å². The van der Waals surface area contributed by atoms with Crippen LogP contribution in [0.25, 0.3) is 0 Å². The minimum Gasteiger partial charge on any atom is -0.541 e. The van der Waals surface area contributed by atoms with Crippen molar-refractivity contribution >= 4 is 6.29 Å². The molecule has 1 radical (unpaired) electrons. The van der Waals surface area contributed by atoms with Crippen molar-refractivity contribution in [1.82, 2.24) is 0 Å². The Bertz CT molecular complexity index is 125. The molecule has 0 saturated carbocycles. The van der Waals surface area contributed by atoms with Crippen molar-refractivity contribution in [1.29, 1.82) is 0 Å². The molecule has 1 N–H and O–H groups in total. The Hall–Kier alpha value is 0.694. The summed E-state index contributed by atoms with van der Waals surface area (Å²) in [5.74, 6) is 0. The monoisotopic (exact) mass is 248 g/mol. The van der Waals surface area contributed by atoms with Crippen LogP contribution < -0.4 is 0 Å². The van der Waals surface area contributed by atoms with Gasteiger partial charge in [0, 0.05) is 52.5 Å². The van der Waals surface area contributed by atoms with Crippen molar-refractivity contribution in [3.63, 3.8) is 0 Å². The minimum atomic E-state index is -0.779. The van der Waals surface area contributed by atoms with E-state index in [9.17, 15) is 9.90 Å². The second kappa shape index (κ2) is 7.13. The molecule has 3 nitrogen and oxygen atoms in total. The maximum Gasteiger partial charge on any atom is 0.0486 e. The van der Waals surface area contributed by atoms with Gasteiger partial charge in [0.2, 0.25) is 0 Å². The molecule has 4 heteroatoms. The van der Waals surface area contributed by atoms with E-state index in [2.05, 4.69) is 0 Å². The van der Waals surface area contributed by atoms with Crippen molar-refractivity contribution < 1.29 is 47.3 Å². The third-order valence-corrected chi connectivity index (χ3v) is 1.69. The van der Waals surface area contributed by atoms with E-state index in [0.717, 1.165) is 0 Å². The summed E-state index contributed by atoms with van der Waals surface area (Å²) in [6.07, 6.45) is 1.60. The fraction of sp³-hybridized carbons (Fsp3) is 0.875. The van der Waals surface area contributed by atoms with Gasteiger partial charge < -0.3 is 14.6 Å². The molecule has 0 aliphatic rings. The molecule has 0 aliphatic carbocycles. The molecule has 0 spiro atoms. The number of hydrogen-bond acceptors (Lipinski definition) is 3. The summed E-state index contributed by atoms with van der Waals surface area (Å²) in [4.78, 5) is 10.3. The number of rotatable bonds is 5. The second-order valence-electron chi connectivity index (χ2n) is 3.12. The summed E-state index contributed by atoms with van der Waals surface area (Å²) < 4.78 is 4.76. The SMILES string of the molecule is COCCC(O)C(C)(C)[C-]=O.[Y]. The minimum absolute atomic E-state index is 0. The van der Waals surface area contributed by atoms with Gasteiger partial charge in [-0.1, -0.05) is 13.8 Å². The summed E-state index contributed by atoms with van der Waals surface area (Å²) in [6.45, 7) is 3.77. The van der Waals surface area contributed by atoms with Crippen LogP contribution in [0.5, 0.6) is 0 Å². The number of methoxy groups -OCH3 is 1. The number of aliphatic hydroxyl groups excluding tert-OH is 1. The van der Waals surface area contributed by atoms with Crippen molar-refractivity contribution in [2.75, 3.05) is 13.7 Å². The summed E-state index contributed by atoms with van der Waals surface area (Å²) >= 11 is 0. The first-order valence-corrected chi connectivity index (χ1v) is 3.61. The van der Waals surface area contributed by atoms with Gasteiger partial charge in [-0.3, -0.25) is 6.29 Å². The van der Waals surface area contributed by atoms with Gasteiger partial charge in [0.25, 0.3) is 0 Å². The normalized spacial score (nSPS) is 13.3. The zero-order valence-corrected chi connectivity index (χ0v) is 10.7. The molecule has 1 atom stereocenters. The zero-order chi connectivity index (χ0) is 8.91. The molecule has 0 fully saturated rings. The van der Waals surface area contributed by atoms with Crippen molar-refractivity contribution in [3.05, 3.63) is 0 Å². The smallest absolute Gasteiger partial charge is 0.0486 e.